The number of hydrogen-bond acceptors (Lipinski definition) is 15. The number of hydrogen-bond donors (Lipinski definition) is 2. The zero-order valence-corrected chi connectivity index (χ0v) is 39.0. The second kappa shape index (κ2) is 19.2. The second-order valence-corrected chi connectivity index (χ2v) is 22.6. The van der Waals surface area contributed by atoms with Crippen LogP contribution in [0, 0.1) is 10.8 Å². The average Bonchev–Trinajstić information content (AvgIpc) is 3.41. The number of likely N-dealkylation sites (tertiary alicyclic amines) is 1. The first-order valence-corrected chi connectivity index (χ1v) is 22.7. The molecular weight excluding hydrogens is 841 g/mol. The minimum atomic E-state index is -0.907. The van der Waals surface area contributed by atoms with Crippen LogP contribution in [0.3, 0.4) is 0 Å². The van der Waals surface area contributed by atoms with Crippen LogP contribution in [0.2, 0.25) is 0 Å². The third-order valence-electron chi connectivity index (χ3n) is 11.1. The zero-order chi connectivity index (χ0) is 45.9. The summed E-state index contributed by atoms with van der Waals surface area (Å²) in [6.45, 7) is 18.7. The van der Waals surface area contributed by atoms with Gasteiger partial charge in [-0.2, -0.15) is 0 Å². The van der Waals surface area contributed by atoms with Gasteiger partial charge in [0.25, 0.3) is 5.91 Å². The van der Waals surface area contributed by atoms with Crippen molar-refractivity contribution in [2.75, 3.05) is 26.7 Å². The molecule has 6 rings (SSSR count). The molecule has 0 aromatic heterocycles. The lowest BCUT2D eigenvalue weighted by atomic mass is 9.95. The minimum absolute atomic E-state index is 0.155. The number of amides is 3. The molecule has 5 aliphatic rings. The van der Waals surface area contributed by atoms with E-state index in [1.165, 1.54) is 29.5 Å². The van der Waals surface area contributed by atoms with Crippen LogP contribution < -0.4 is 11.1 Å². The summed E-state index contributed by atoms with van der Waals surface area (Å²) in [5.74, 6) is -3.16. The lowest BCUT2D eigenvalue weighted by molar-refractivity contribution is -0.181. The molecule has 0 spiro atoms. The Kier molecular flexibility index (Phi) is 15.0. The van der Waals surface area contributed by atoms with Crippen molar-refractivity contribution in [3.8, 4) is 0 Å². The predicted octanol–water partition coefficient (Wildman–Crippen LogP) is 3.74. The molecule has 342 valence electrons. The molecule has 5 heterocycles. The highest BCUT2D eigenvalue weighted by Crippen LogP contribution is 2.52. The monoisotopic (exact) mass is 902 g/mol. The van der Waals surface area contributed by atoms with E-state index < -0.39 is 99.3 Å². The molecule has 17 nitrogen and oxygen atoms in total. The van der Waals surface area contributed by atoms with Gasteiger partial charge in [0.05, 0.1) is 17.2 Å². The second-order valence-electron chi connectivity index (χ2n) is 19.1. The molecule has 5 aliphatic heterocycles. The highest BCUT2D eigenvalue weighted by Gasteiger charge is 2.65. The molecule has 0 saturated carbocycles. The van der Waals surface area contributed by atoms with E-state index >= 15 is 0 Å². The van der Waals surface area contributed by atoms with Crippen LogP contribution in [0.5, 0.6) is 0 Å². The van der Waals surface area contributed by atoms with Crippen molar-refractivity contribution in [3.05, 3.63) is 35.9 Å². The topological polar surface area (TPSA) is 217 Å². The first-order valence-electron chi connectivity index (χ1n) is 20.9. The standard InChI is InChI=1S/C22H29N3O6S.C21H33N3O5S/c1-21(2,3)20(29)31-11-30-19(28)15-22(4,5)32-18-14(17(27)25(15)18)24-16(26)13(23)12-9-7-6-8-10-12;1-20(2,3)19(27)29-13-28-18(26)15-21(4,5)30-17-14(16(25)24(15)17)22-12-23-10-8-6-7-9-11-23/h6-10,13-15,18H,11,23H2,1-5H3,(H,24,26);12,14-15,17H,6-11,13H2,1-5H3/t13?,14-,15+,18-;14-,15+,17-/m11/s1. The fourth-order valence-corrected chi connectivity index (χ4v) is 10.8. The Morgan fingerprint density at radius 1 is 0.758 bits per heavy atom. The van der Waals surface area contributed by atoms with E-state index in [0.29, 0.717) is 5.56 Å². The fraction of sp³-hybridized carbons (Fsp3) is 0.674. The van der Waals surface area contributed by atoms with Gasteiger partial charge in [0, 0.05) is 22.6 Å². The van der Waals surface area contributed by atoms with Crippen LogP contribution in [-0.2, 0) is 52.5 Å². The maximum atomic E-state index is 12.8. The summed E-state index contributed by atoms with van der Waals surface area (Å²) >= 11 is 2.97. The van der Waals surface area contributed by atoms with Crippen molar-refractivity contribution in [3.63, 3.8) is 0 Å². The van der Waals surface area contributed by atoms with E-state index in [-0.39, 0.29) is 17.2 Å². The molecule has 1 unspecified atom stereocenters. The smallest absolute Gasteiger partial charge is 0.333 e. The molecule has 0 bridgehead atoms. The van der Waals surface area contributed by atoms with E-state index in [4.69, 9.17) is 24.7 Å². The molecule has 1 aromatic carbocycles. The quantitative estimate of drug-likeness (QED) is 0.106. The Morgan fingerprint density at radius 3 is 1.71 bits per heavy atom. The molecular formula is C43H62N6O11S2. The normalized spacial score (nSPS) is 26.7. The first-order chi connectivity index (χ1) is 28.9. The molecule has 3 amide bonds. The third kappa shape index (κ3) is 10.9. The van der Waals surface area contributed by atoms with Crippen LogP contribution in [0.1, 0.15) is 107 Å². The summed E-state index contributed by atoms with van der Waals surface area (Å²) in [5, 5.41) is 2.12. The number of β-lactam (4-membered cyclic amide) rings is 2. The summed E-state index contributed by atoms with van der Waals surface area (Å²) in [7, 11) is 0. The van der Waals surface area contributed by atoms with Gasteiger partial charge < -0.3 is 44.7 Å². The minimum Gasteiger partial charge on any atom is -0.427 e. The highest BCUT2D eigenvalue weighted by molar-refractivity contribution is 8.02. The van der Waals surface area contributed by atoms with Gasteiger partial charge in [-0.1, -0.05) is 43.2 Å². The van der Waals surface area contributed by atoms with Gasteiger partial charge in [0.2, 0.25) is 25.4 Å². The molecule has 7 atom stereocenters. The maximum absolute atomic E-state index is 12.8. The van der Waals surface area contributed by atoms with Gasteiger partial charge in [-0.15, -0.1) is 23.5 Å². The Labute approximate surface area is 372 Å². The van der Waals surface area contributed by atoms with E-state index in [0.717, 1.165) is 25.9 Å². The molecule has 3 N–H and O–H groups in total. The van der Waals surface area contributed by atoms with Gasteiger partial charge in [0.1, 0.15) is 34.9 Å². The lowest BCUT2D eigenvalue weighted by Gasteiger charge is -2.44. The van der Waals surface area contributed by atoms with Crippen LogP contribution in [0.4, 0.5) is 0 Å². The highest BCUT2D eigenvalue weighted by atomic mass is 32.2. The lowest BCUT2D eigenvalue weighted by Crippen LogP contribution is -2.71. The number of ether oxygens (including phenoxy) is 4. The van der Waals surface area contributed by atoms with Crippen molar-refractivity contribution in [2.45, 2.75) is 145 Å². The summed E-state index contributed by atoms with van der Waals surface area (Å²) in [4.78, 5) is 97.0. The Hall–Kier alpha value is -4.36. The fourth-order valence-electron chi connectivity index (χ4n) is 7.54. The SMILES string of the molecule is CC(C)(C)C(=O)OCOC(=O)[C@@H]1N2C(=O)[C@@H](N=CN3CCCCCC3)[C@H]2SC1(C)C.CC(C)(C)C(=O)OCOC(=O)[C@@H]1N2C(=O)[C@@H](NC(=O)C(N)c3ccccc3)[C@H]2SC1(C)C. The van der Waals surface area contributed by atoms with Gasteiger partial charge in [0.15, 0.2) is 6.04 Å². The van der Waals surface area contributed by atoms with Crippen LogP contribution in [-0.4, -0.2) is 134 Å². The summed E-state index contributed by atoms with van der Waals surface area (Å²) in [5.41, 5.74) is 5.27. The van der Waals surface area contributed by atoms with Crippen LogP contribution in [0.15, 0.2) is 35.3 Å². The summed E-state index contributed by atoms with van der Waals surface area (Å²) in [6.07, 6.45) is 6.59. The number of rotatable bonds is 11. The molecule has 5 fully saturated rings. The van der Waals surface area contributed by atoms with Crippen molar-refractivity contribution < 1.29 is 52.5 Å². The van der Waals surface area contributed by atoms with Gasteiger partial charge in [-0.05, 0) is 87.6 Å². The van der Waals surface area contributed by atoms with E-state index in [2.05, 4.69) is 15.2 Å². The Balaban J connectivity index is 0.000000235. The van der Waals surface area contributed by atoms with Crippen molar-refractivity contribution in [1.29, 1.82) is 0 Å². The largest absolute Gasteiger partial charge is 0.427 e. The van der Waals surface area contributed by atoms with E-state index in [1.54, 1.807) is 82.5 Å². The van der Waals surface area contributed by atoms with Crippen LogP contribution in [0.25, 0.3) is 0 Å². The van der Waals surface area contributed by atoms with Gasteiger partial charge in [-0.3, -0.25) is 29.0 Å². The third-order valence-corrected chi connectivity index (χ3v) is 14.2. The van der Waals surface area contributed by atoms with Crippen LogP contribution >= 0.6 is 23.5 Å². The van der Waals surface area contributed by atoms with Gasteiger partial charge >= 0.3 is 23.9 Å². The first kappa shape index (κ1) is 48.7. The molecule has 0 aliphatic carbocycles. The molecule has 19 heteroatoms. The number of esters is 4. The van der Waals surface area contributed by atoms with E-state index in [1.807, 2.05) is 40.1 Å². The number of nitrogens with one attached hydrogen (secondary N) is 1. The maximum Gasteiger partial charge on any atom is 0.333 e. The summed E-state index contributed by atoms with van der Waals surface area (Å²) < 4.78 is 19.2. The Bertz CT molecular complexity index is 1890. The van der Waals surface area contributed by atoms with Crippen molar-refractivity contribution in [2.24, 2.45) is 21.6 Å². The molecule has 1 aromatic rings. The number of nitrogens with two attached hydrogens (primary N) is 1. The summed E-state index contributed by atoms with van der Waals surface area (Å²) in [6, 6.07) is 5.12. The average molecular weight is 903 g/mol. The number of aliphatic imine (C=N–C) groups is 1. The zero-order valence-electron chi connectivity index (χ0n) is 37.3. The van der Waals surface area contributed by atoms with Gasteiger partial charge in [-0.25, -0.2) is 9.59 Å². The number of carbonyl (C=O) groups excluding carboxylic acids is 7. The van der Waals surface area contributed by atoms with E-state index in [9.17, 15) is 33.6 Å². The Morgan fingerprint density at radius 2 is 1.23 bits per heavy atom. The predicted molar refractivity (Wildman–Crippen MR) is 233 cm³/mol. The number of fused-ring (bicyclic) bond motifs is 2. The number of thioether (sulfide) groups is 2. The number of nitrogens with zero attached hydrogens (tertiary/aromatic N) is 4. The van der Waals surface area contributed by atoms with Crippen molar-refractivity contribution in [1.82, 2.24) is 20.0 Å². The molecule has 0 radical (unpaired) electrons. The number of carbonyl (C=O) groups is 7. The van der Waals surface area contributed by atoms with Crippen molar-refractivity contribution >= 4 is 71.5 Å². The number of benzene rings is 1. The molecule has 62 heavy (non-hydrogen) atoms. The molecule has 5 saturated heterocycles.